The highest BCUT2D eigenvalue weighted by Gasteiger charge is 2.43. The lowest BCUT2D eigenvalue weighted by Crippen LogP contribution is -2.29. The summed E-state index contributed by atoms with van der Waals surface area (Å²) in [5.41, 5.74) is 1.60. The third-order valence-electron chi connectivity index (χ3n) is 4.79. The number of aromatic nitrogens is 2. The molecule has 0 amide bonds. The molecule has 1 aromatic heterocycles. The fraction of sp³-hybridized carbons (Fsp3) is 0.250. The number of hydrogen-bond acceptors (Lipinski definition) is 5. The van der Waals surface area contributed by atoms with Gasteiger partial charge in [-0.05, 0) is 43.2 Å². The number of nitrogens with zero attached hydrogens (tertiary/aromatic N) is 2. The van der Waals surface area contributed by atoms with Crippen LogP contribution < -0.4 is 0 Å². The van der Waals surface area contributed by atoms with E-state index < -0.39 is 5.41 Å². The van der Waals surface area contributed by atoms with Crippen molar-refractivity contribution in [3.8, 4) is 11.5 Å². The largest absolute Gasteiger partial charge is 0.380 e. The van der Waals surface area contributed by atoms with E-state index in [9.17, 15) is 9.18 Å². The molecule has 3 aromatic rings. The molecule has 0 N–H and O–H groups in total. The van der Waals surface area contributed by atoms with Gasteiger partial charge in [0.25, 0.3) is 5.89 Å². The van der Waals surface area contributed by atoms with Crippen molar-refractivity contribution in [3.05, 3.63) is 71.3 Å². The number of ether oxygens (including phenoxy) is 1. The number of rotatable bonds is 4. The molecule has 1 unspecified atom stereocenters. The summed E-state index contributed by atoms with van der Waals surface area (Å²) in [6.45, 7) is 2.49. The fourth-order valence-corrected chi connectivity index (χ4v) is 3.27. The van der Waals surface area contributed by atoms with Crippen molar-refractivity contribution < 1.29 is 18.4 Å². The predicted molar refractivity (Wildman–Crippen MR) is 92.4 cm³/mol. The lowest BCUT2D eigenvalue weighted by atomic mass is 9.79. The molecule has 5 nitrogen and oxygen atoms in total. The highest BCUT2D eigenvalue weighted by molar-refractivity contribution is 5.95. The molecule has 4 rings (SSSR count). The molecular weight excluding hydrogens is 335 g/mol. The Kier molecular flexibility index (Phi) is 4.12. The first-order valence-corrected chi connectivity index (χ1v) is 8.38. The summed E-state index contributed by atoms with van der Waals surface area (Å²) in [4.78, 5) is 16.2. The van der Waals surface area contributed by atoms with Crippen LogP contribution in [0.25, 0.3) is 11.5 Å². The Morgan fingerprint density at radius 3 is 2.69 bits per heavy atom. The van der Waals surface area contributed by atoms with Crippen molar-refractivity contribution in [2.24, 2.45) is 0 Å². The monoisotopic (exact) mass is 352 g/mol. The molecule has 6 heteroatoms. The third kappa shape index (κ3) is 2.82. The molecule has 1 aliphatic rings. The van der Waals surface area contributed by atoms with Crippen LogP contribution in [0, 0.1) is 5.82 Å². The molecule has 2 aromatic carbocycles. The molecule has 0 saturated carbocycles. The number of hydrogen-bond donors (Lipinski definition) is 0. The molecule has 1 fully saturated rings. The van der Waals surface area contributed by atoms with Gasteiger partial charge >= 0.3 is 0 Å². The van der Waals surface area contributed by atoms with Gasteiger partial charge in [0.1, 0.15) is 5.82 Å². The van der Waals surface area contributed by atoms with Gasteiger partial charge in [0, 0.05) is 17.7 Å². The quantitative estimate of drug-likeness (QED) is 0.669. The second-order valence-electron chi connectivity index (χ2n) is 6.45. The minimum absolute atomic E-state index is 0.0291. The van der Waals surface area contributed by atoms with Crippen molar-refractivity contribution >= 4 is 5.78 Å². The lowest BCUT2D eigenvalue weighted by Gasteiger charge is -2.23. The second-order valence-corrected chi connectivity index (χ2v) is 6.45. The van der Waals surface area contributed by atoms with E-state index in [-0.39, 0.29) is 11.6 Å². The summed E-state index contributed by atoms with van der Waals surface area (Å²) >= 11 is 0. The zero-order valence-corrected chi connectivity index (χ0v) is 14.2. The fourth-order valence-electron chi connectivity index (χ4n) is 3.27. The van der Waals surface area contributed by atoms with Gasteiger partial charge in [0.05, 0.1) is 12.0 Å². The van der Waals surface area contributed by atoms with Gasteiger partial charge in [-0.25, -0.2) is 4.39 Å². The summed E-state index contributed by atoms with van der Waals surface area (Å²) in [6.07, 6.45) is 0.686. The van der Waals surface area contributed by atoms with Crippen LogP contribution in [0.1, 0.15) is 35.1 Å². The van der Waals surface area contributed by atoms with Crippen LogP contribution >= 0.6 is 0 Å². The van der Waals surface area contributed by atoms with Crippen LogP contribution in [-0.2, 0) is 10.2 Å². The van der Waals surface area contributed by atoms with Crippen molar-refractivity contribution in [2.75, 3.05) is 13.2 Å². The maximum Gasteiger partial charge on any atom is 0.257 e. The molecule has 0 radical (unpaired) electrons. The van der Waals surface area contributed by atoms with E-state index in [1.807, 2.05) is 6.07 Å². The second kappa shape index (κ2) is 6.46. The van der Waals surface area contributed by atoms with Gasteiger partial charge in [0.15, 0.2) is 11.6 Å². The Balaban J connectivity index is 1.75. The number of carbonyl (C=O) groups is 1. The molecule has 1 atom stereocenters. The van der Waals surface area contributed by atoms with E-state index in [1.165, 1.54) is 19.1 Å². The Labute approximate surface area is 149 Å². The highest BCUT2D eigenvalue weighted by atomic mass is 19.1. The minimum Gasteiger partial charge on any atom is -0.380 e. The zero-order chi connectivity index (χ0) is 18.1. The Morgan fingerprint density at radius 2 is 2.00 bits per heavy atom. The smallest absolute Gasteiger partial charge is 0.257 e. The minimum atomic E-state index is -0.562. The summed E-state index contributed by atoms with van der Waals surface area (Å²) in [7, 11) is 0. The van der Waals surface area contributed by atoms with Crippen molar-refractivity contribution in [1.82, 2.24) is 10.1 Å². The first kappa shape index (κ1) is 16.6. The SMILES string of the molecule is CC(=O)c1cccc(-c2nc(C3(c4ccc(F)cc4)CCOC3)no2)c1. The van der Waals surface area contributed by atoms with Crippen molar-refractivity contribution in [2.45, 2.75) is 18.8 Å². The molecular formula is C20H17FN2O3. The molecule has 2 heterocycles. The van der Waals surface area contributed by atoms with E-state index in [4.69, 9.17) is 9.26 Å². The number of halogens is 1. The molecule has 0 bridgehead atoms. The van der Waals surface area contributed by atoms with Gasteiger partial charge in [-0.15, -0.1) is 0 Å². The summed E-state index contributed by atoms with van der Waals surface area (Å²) in [5.74, 6) is 0.526. The summed E-state index contributed by atoms with van der Waals surface area (Å²) in [6, 6.07) is 13.4. The van der Waals surface area contributed by atoms with Crippen LogP contribution in [0.3, 0.4) is 0 Å². The third-order valence-corrected chi connectivity index (χ3v) is 4.79. The molecule has 0 aliphatic carbocycles. The van der Waals surface area contributed by atoms with Gasteiger partial charge in [0.2, 0.25) is 0 Å². The van der Waals surface area contributed by atoms with Gasteiger partial charge in [-0.3, -0.25) is 4.79 Å². The van der Waals surface area contributed by atoms with Crippen LogP contribution in [0.5, 0.6) is 0 Å². The summed E-state index contributed by atoms with van der Waals surface area (Å²) < 4.78 is 24.4. The van der Waals surface area contributed by atoms with Crippen LogP contribution in [0.4, 0.5) is 4.39 Å². The molecule has 26 heavy (non-hydrogen) atoms. The lowest BCUT2D eigenvalue weighted by molar-refractivity contribution is 0.101. The predicted octanol–water partition coefficient (Wildman–Crippen LogP) is 3.78. The molecule has 132 valence electrons. The molecule has 1 saturated heterocycles. The average Bonchev–Trinajstić information content (AvgIpc) is 3.33. The average molecular weight is 352 g/mol. The van der Waals surface area contributed by atoms with E-state index in [1.54, 1.807) is 30.3 Å². The number of ketones is 1. The molecule has 1 aliphatic heterocycles. The summed E-state index contributed by atoms with van der Waals surface area (Å²) in [5, 5.41) is 4.18. The maximum absolute atomic E-state index is 13.3. The van der Waals surface area contributed by atoms with Crippen molar-refractivity contribution in [1.29, 1.82) is 0 Å². The van der Waals surface area contributed by atoms with Crippen LogP contribution in [-0.4, -0.2) is 29.1 Å². The van der Waals surface area contributed by atoms with E-state index in [2.05, 4.69) is 10.1 Å². The van der Waals surface area contributed by atoms with E-state index >= 15 is 0 Å². The standard InChI is InChI=1S/C20H17FN2O3/c1-13(24)14-3-2-4-15(11-14)18-22-19(23-26-18)20(9-10-25-12-20)16-5-7-17(21)8-6-16/h2-8,11H,9-10,12H2,1H3. The molecule has 0 spiro atoms. The van der Waals surface area contributed by atoms with E-state index in [0.717, 1.165) is 5.56 Å². The van der Waals surface area contributed by atoms with Gasteiger partial charge in [-0.2, -0.15) is 4.98 Å². The Morgan fingerprint density at radius 1 is 1.19 bits per heavy atom. The zero-order valence-electron chi connectivity index (χ0n) is 14.2. The van der Waals surface area contributed by atoms with Crippen molar-refractivity contribution in [3.63, 3.8) is 0 Å². The first-order chi connectivity index (χ1) is 12.6. The number of benzene rings is 2. The van der Waals surface area contributed by atoms with Crippen LogP contribution in [0.15, 0.2) is 53.1 Å². The highest BCUT2D eigenvalue weighted by Crippen LogP contribution is 2.39. The number of carbonyl (C=O) groups excluding carboxylic acids is 1. The topological polar surface area (TPSA) is 65.2 Å². The van der Waals surface area contributed by atoms with Gasteiger partial charge < -0.3 is 9.26 Å². The number of Topliss-reactive ketones (excluding diaryl/α,β-unsaturated/α-hetero) is 1. The maximum atomic E-state index is 13.3. The van der Waals surface area contributed by atoms with E-state index in [0.29, 0.717) is 42.5 Å². The Hall–Kier alpha value is -2.86. The van der Waals surface area contributed by atoms with Crippen LogP contribution in [0.2, 0.25) is 0 Å². The first-order valence-electron chi connectivity index (χ1n) is 8.38. The normalized spacial score (nSPS) is 19.6. The van der Waals surface area contributed by atoms with Gasteiger partial charge in [-0.1, -0.05) is 29.4 Å². The Bertz CT molecular complexity index is 944.